The molecule has 6 heteroatoms. The van der Waals surface area contributed by atoms with Gasteiger partial charge in [0.25, 0.3) is 0 Å². The first-order chi connectivity index (χ1) is 10.5. The van der Waals surface area contributed by atoms with Gasteiger partial charge >= 0.3 is 0 Å². The third-order valence-corrected chi connectivity index (χ3v) is 4.77. The Kier molecular flexibility index (Phi) is 5.05. The number of rotatable bonds is 6. The van der Waals surface area contributed by atoms with E-state index in [0.717, 1.165) is 5.56 Å². The molecule has 22 heavy (non-hydrogen) atoms. The van der Waals surface area contributed by atoms with Crippen molar-refractivity contribution in [1.29, 1.82) is 0 Å². The van der Waals surface area contributed by atoms with Gasteiger partial charge in [-0.3, -0.25) is 0 Å². The van der Waals surface area contributed by atoms with Gasteiger partial charge in [-0.2, -0.15) is 0 Å². The number of nitrogens with one attached hydrogen (secondary N) is 1. The van der Waals surface area contributed by atoms with Gasteiger partial charge in [-0.15, -0.1) is 0 Å². The Labute approximate surface area is 130 Å². The number of hydrogen-bond acceptors (Lipinski definition) is 4. The lowest BCUT2D eigenvalue weighted by Crippen LogP contribution is -2.24. The summed E-state index contributed by atoms with van der Waals surface area (Å²) in [5, 5.41) is 0. The summed E-state index contributed by atoms with van der Waals surface area (Å²) >= 11 is 0. The smallest absolute Gasteiger partial charge is 0.244 e. The first-order valence-corrected chi connectivity index (χ1v) is 8.23. The van der Waals surface area contributed by atoms with Gasteiger partial charge in [0.05, 0.1) is 14.2 Å². The van der Waals surface area contributed by atoms with Crippen LogP contribution in [0, 0.1) is 6.92 Å². The third kappa shape index (κ3) is 3.40. The fourth-order valence-corrected chi connectivity index (χ4v) is 3.43. The van der Waals surface area contributed by atoms with Crippen molar-refractivity contribution < 1.29 is 17.9 Å². The van der Waals surface area contributed by atoms with E-state index in [1.54, 1.807) is 13.0 Å². The van der Waals surface area contributed by atoms with Crippen LogP contribution < -0.4 is 14.2 Å². The Balaban J connectivity index is 2.31. The van der Waals surface area contributed by atoms with Crippen LogP contribution in [0.1, 0.15) is 11.1 Å². The molecule has 2 aromatic carbocycles. The van der Waals surface area contributed by atoms with Crippen molar-refractivity contribution in [2.24, 2.45) is 0 Å². The van der Waals surface area contributed by atoms with Crippen molar-refractivity contribution in [3.05, 3.63) is 53.6 Å². The molecular formula is C16H19NO4S. The summed E-state index contributed by atoms with van der Waals surface area (Å²) in [5.41, 5.74) is 1.53. The van der Waals surface area contributed by atoms with Gasteiger partial charge in [0, 0.05) is 12.1 Å². The van der Waals surface area contributed by atoms with Crippen LogP contribution in [0.3, 0.4) is 0 Å². The zero-order valence-electron chi connectivity index (χ0n) is 12.8. The molecule has 0 atom stereocenters. The van der Waals surface area contributed by atoms with Gasteiger partial charge in [0.15, 0.2) is 0 Å². The van der Waals surface area contributed by atoms with Crippen molar-refractivity contribution in [3.63, 3.8) is 0 Å². The second-order valence-corrected chi connectivity index (χ2v) is 6.47. The first-order valence-electron chi connectivity index (χ1n) is 6.74. The number of ether oxygens (including phenoxy) is 2. The molecule has 118 valence electrons. The summed E-state index contributed by atoms with van der Waals surface area (Å²) < 4.78 is 38.0. The maximum absolute atomic E-state index is 12.5. The van der Waals surface area contributed by atoms with Gasteiger partial charge in [0.2, 0.25) is 10.0 Å². The van der Waals surface area contributed by atoms with E-state index < -0.39 is 10.0 Å². The predicted octanol–water partition coefficient (Wildman–Crippen LogP) is 2.49. The normalized spacial score (nSPS) is 11.2. The van der Waals surface area contributed by atoms with Crippen LogP contribution in [0.5, 0.6) is 11.5 Å². The molecule has 2 aromatic rings. The van der Waals surface area contributed by atoms with E-state index in [1.165, 1.54) is 20.3 Å². The Morgan fingerprint density at radius 3 is 2.27 bits per heavy atom. The predicted molar refractivity (Wildman–Crippen MR) is 84.8 cm³/mol. The van der Waals surface area contributed by atoms with E-state index in [9.17, 15) is 8.42 Å². The quantitative estimate of drug-likeness (QED) is 0.888. The Hall–Kier alpha value is -2.05. The van der Waals surface area contributed by atoms with E-state index in [2.05, 4.69) is 4.72 Å². The molecule has 0 bridgehead atoms. The van der Waals surface area contributed by atoms with Gasteiger partial charge < -0.3 is 9.47 Å². The Morgan fingerprint density at radius 2 is 1.68 bits per heavy atom. The third-order valence-electron chi connectivity index (χ3n) is 3.34. The average molecular weight is 321 g/mol. The van der Waals surface area contributed by atoms with Gasteiger partial charge in [-0.25, -0.2) is 13.1 Å². The lowest BCUT2D eigenvalue weighted by Gasteiger charge is -2.15. The molecule has 0 amide bonds. The molecule has 0 unspecified atom stereocenters. The first kappa shape index (κ1) is 16.3. The minimum atomic E-state index is -3.68. The SMILES string of the molecule is COc1ccc(S(=O)(=O)NCc2ccccc2)c(OC)c1C. The maximum atomic E-state index is 12.5. The zero-order chi connectivity index (χ0) is 16.2. The summed E-state index contributed by atoms with van der Waals surface area (Å²) in [6, 6.07) is 12.4. The van der Waals surface area contributed by atoms with Crippen LogP contribution in [0.4, 0.5) is 0 Å². The number of sulfonamides is 1. The molecular weight excluding hydrogens is 302 g/mol. The molecule has 1 N–H and O–H groups in total. The average Bonchev–Trinajstić information content (AvgIpc) is 2.53. The highest BCUT2D eigenvalue weighted by molar-refractivity contribution is 7.89. The summed E-state index contributed by atoms with van der Waals surface area (Å²) in [5.74, 6) is 0.874. The highest BCUT2D eigenvalue weighted by Crippen LogP contribution is 2.33. The molecule has 0 saturated carbocycles. The highest BCUT2D eigenvalue weighted by atomic mass is 32.2. The number of methoxy groups -OCH3 is 2. The second-order valence-electron chi connectivity index (χ2n) is 4.73. The molecule has 0 heterocycles. The number of benzene rings is 2. The fraction of sp³-hybridized carbons (Fsp3) is 0.250. The largest absolute Gasteiger partial charge is 0.496 e. The van der Waals surface area contributed by atoms with E-state index in [-0.39, 0.29) is 11.4 Å². The minimum absolute atomic E-state index is 0.101. The Morgan fingerprint density at radius 1 is 1.00 bits per heavy atom. The van der Waals surface area contributed by atoms with Crippen LogP contribution in [0.25, 0.3) is 0 Å². The van der Waals surface area contributed by atoms with Crippen LogP contribution in [0.15, 0.2) is 47.4 Å². The second kappa shape index (κ2) is 6.81. The summed E-state index contributed by atoms with van der Waals surface area (Å²) in [7, 11) is -0.705. The van der Waals surface area contributed by atoms with Crippen LogP contribution in [0.2, 0.25) is 0 Å². The van der Waals surface area contributed by atoms with Crippen molar-refractivity contribution in [3.8, 4) is 11.5 Å². The topological polar surface area (TPSA) is 64.6 Å². The summed E-state index contributed by atoms with van der Waals surface area (Å²) in [4.78, 5) is 0.101. The highest BCUT2D eigenvalue weighted by Gasteiger charge is 2.22. The molecule has 2 rings (SSSR count). The van der Waals surface area contributed by atoms with Crippen LogP contribution in [-0.4, -0.2) is 22.6 Å². The van der Waals surface area contributed by atoms with Crippen molar-refractivity contribution >= 4 is 10.0 Å². The van der Waals surface area contributed by atoms with E-state index in [1.807, 2.05) is 30.3 Å². The monoisotopic (exact) mass is 321 g/mol. The fourth-order valence-electron chi connectivity index (χ4n) is 2.19. The summed E-state index contributed by atoms with van der Waals surface area (Å²) in [6.07, 6.45) is 0. The summed E-state index contributed by atoms with van der Waals surface area (Å²) in [6.45, 7) is 1.98. The molecule has 5 nitrogen and oxygen atoms in total. The molecule has 0 fully saturated rings. The standard InChI is InChI=1S/C16H19NO4S/c1-12-14(20-2)9-10-15(16(12)21-3)22(18,19)17-11-13-7-5-4-6-8-13/h4-10,17H,11H2,1-3H3. The number of hydrogen-bond donors (Lipinski definition) is 1. The van der Waals surface area contributed by atoms with Crippen LogP contribution in [-0.2, 0) is 16.6 Å². The molecule has 0 saturated heterocycles. The Bertz CT molecular complexity index is 742. The molecule has 0 aromatic heterocycles. The molecule has 0 aliphatic carbocycles. The lowest BCUT2D eigenvalue weighted by molar-refractivity contribution is 0.380. The lowest BCUT2D eigenvalue weighted by atomic mass is 10.2. The van der Waals surface area contributed by atoms with Gasteiger partial charge in [0.1, 0.15) is 16.4 Å². The van der Waals surface area contributed by atoms with E-state index in [0.29, 0.717) is 17.1 Å². The maximum Gasteiger partial charge on any atom is 0.244 e. The molecule has 0 radical (unpaired) electrons. The van der Waals surface area contributed by atoms with Crippen molar-refractivity contribution in [1.82, 2.24) is 4.72 Å². The zero-order valence-corrected chi connectivity index (χ0v) is 13.6. The van der Waals surface area contributed by atoms with E-state index >= 15 is 0 Å². The minimum Gasteiger partial charge on any atom is -0.496 e. The molecule has 0 aliphatic heterocycles. The van der Waals surface area contributed by atoms with Crippen molar-refractivity contribution in [2.45, 2.75) is 18.4 Å². The van der Waals surface area contributed by atoms with Crippen molar-refractivity contribution in [2.75, 3.05) is 14.2 Å². The molecule has 0 aliphatic rings. The van der Waals surface area contributed by atoms with Gasteiger partial charge in [-0.05, 0) is 24.6 Å². The van der Waals surface area contributed by atoms with Crippen LogP contribution >= 0.6 is 0 Å². The van der Waals surface area contributed by atoms with E-state index in [4.69, 9.17) is 9.47 Å². The van der Waals surface area contributed by atoms with Gasteiger partial charge in [-0.1, -0.05) is 30.3 Å². The molecule has 0 spiro atoms.